The van der Waals surface area contributed by atoms with Crippen molar-refractivity contribution >= 4 is 31.9 Å². The second-order valence-corrected chi connectivity index (χ2v) is 8.49. The quantitative estimate of drug-likeness (QED) is 0.649. The number of halogens is 2. The summed E-state index contributed by atoms with van der Waals surface area (Å²) in [7, 11) is 0. The Balaban J connectivity index is 1.91. The lowest BCUT2D eigenvalue weighted by atomic mass is 9.50. The summed E-state index contributed by atoms with van der Waals surface area (Å²) >= 11 is 7.09. The van der Waals surface area contributed by atoms with E-state index >= 15 is 0 Å². The number of hydrogen-bond donors (Lipinski definition) is 0. The van der Waals surface area contributed by atoms with Gasteiger partial charge in [-0.25, -0.2) is 0 Å². The second-order valence-electron chi connectivity index (χ2n) is 5.71. The minimum Gasteiger partial charge on any atom is -0.0570 e. The third-order valence-electron chi connectivity index (χ3n) is 4.50. The Morgan fingerprint density at radius 3 is 1.71 bits per heavy atom. The van der Waals surface area contributed by atoms with E-state index < -0.39 is 0 Å². The Labute approximate surface area is 103 Å². The molecule has 0 amide bonds. The Hall–Kier alpha value is 0.700. The van der Waals surface area contributed by atoms with E-state index in [1.807, 2.05) is 0 Å². The minimum absolute atomic E-state index is 0.567. The van der Waals surface area contributed by atoms with Crippen molar-refractivity contribution in [1.29, 1.82) is 0 Å². The van der Waals surface area contributed by atoms with Crippen LogP contribution in [-0.4, -0.2) is 0 Å². The van der Waals surface area contributed by atoms with E-state index in [1.165, 1.54) is 41.9 Å². The van der Waals surface area contributed by atoms with Crippen LogP contribution in [0, 0.1) is 23.2 Å². The molecule has 0 aromatic heterocycles. The van der Waals surface area contributed by atoms with Crippen LogP contribution in [0.15, 0.2) is 9.47 Å². The van der Waals surface area contributed by atoms with Gasteiger partial charge in [0, 0.05) is 0 Å². The first kappa shape index (κ1) is 9.89. The van der Waals surface area contributed by atoms with Gasteiger partial charge in [-0.1, -0.05) is 6.08 Å². The molecule has 4 fully saturated rings. The summed E-state index contributed by atoms with van der Waals surface area (Å²) < 4.78 is 1.17. The van der Waals surface area contributed by atoms with Crippen LogP contribution in [-0.2, 0) is 0 Å². The predicted molar refractivity (Wildman–Crippen MR) is 66.5 cm³/mol. The van der Waals surface area contributed by atoms with E-state index in [0.29, 0.717) is 5.41 Å². The molecule has 0 unspecified atom stereocenters. The second kappa shape index (κ2) is 3.35. The molecule has 0 N–H and O–H groups in total. The average molecular weight is 320 g/mol. The molecule has 0 aliphatic heterocycles. The lowest BCUT2D eigenvalue weighted by molar-refractivity contribution is -0.0236. The molecule has 4 bridgehead atoms. The fraction of sp³-hybridized carbons (Fsp3) is 0.833. The minimum atomic E-state index is 0.567. The van der Waals surface area contributed by atoms with Gasteiger partial charge in [0.2, 0.25) is 0 Å². The summed E-state index contributed by atoms with van der Waals surface area (Å²) in [6.07, 6.45) is 11.4. The molecule has 0 heterocycles. The number of allylic oxidation sites excluding steroid dienone is 1. The molecule has 0 radical (unpaired) electrons. The van der Waals surface area contributed by atoms with Crippen molar-refractivity contribution in [1.82, 2.24) is 0 Å². The molecule has 0 spiro atoms. The summed E-state index contributed by atoms with van der Waals surface area (Å²) in [4.78, 5) is 0. The smallest absolute Gasteiger partial charge is 0.0569 e. The molecule has 0 saturated heterocycles. The third kappa shape index (κ3) is 1.63. The highest BCUT2D eigenvalue weighted by Gasteiger charge is 2.49. The zero-order valence-electron chi connectivity index (χ0n) is 8.31. The maximum absolute atomic E-state index is 3.54. The Bertz CT molecular complexity index is 241. The molecule has 4 aliphatic rings. The molecule has 4 saturated carbocycles. The van der Waals surface area contributed by atoms with Gasteiger partial charge in [0.25, 0.3) is 0 Å². The lowest BCUT2D eigenvalue weighted by Gasteiger charge is -2.55. The first-order chi connectivity index (χ1) is 6.65. The summed E-state index contributed by atoms with van der Waals surface area (Å²) in [6.45, 7) is 0. The molecule has 0 aromatic carbocycles. The Morgan fingerprint density at radius 1 is 0.929 bits per heavy atom. The fourth-order valence-corrected chi connectivity index (χ4v) is 5.56. The molecular weight excluding hydrogens is 304 g/mol. The van der Waals surface area contributed by atoms with Crippen LogP contribution in [0.4, 0.5) is 0 Å². The van der Waals surface area contributed by atoms with E-state index in [4.69, 9.17) is 0 Å². The van der Waals surface area contributed by atoms with E-state index in [0.717, 1.165) is 17.8 Å². The van der Waals surface area contributed by atoms with Crippen LogP contribution in [0.5, 0.6) is 0 Å². The highest BCUT2D eigenvalue weighted by atomic mass is 79.9. The van der Waals surface area contributed by atoms with Gasteiger partial charge in [0.05, 0.1) is 3.39 Å². The Morgan fingerprint density at radius 2 is 1.36 bits per heavy atom. The van der Waals surface area contributed by atoms with Crippen molar-refractivity contribution in [3.63, 3.8) is 0 Å². The first-order valence-electron chi connectivity index (χ1n) is 5.69. The maximum Gasteiger partial charge on any atom is 0.0569 e. The van der Waals surface area contributed by atoms with Crippen molar-refractivity contribution < 1.29 is 0 Å². The van der Waals surface area contributed by atoms with Crippen LogP contribution in [0.1, 0.15) is 38.5 Å². The van der Waals surface area contributed by atoms with Crippen molar-refractivity contribution in [3.05, 3.63) is 9.47 Å². The van der Waals surface area contributed by atoms with Gasteiger partial charge in [0.15, 0.2) is 0 Å². The monoisotopic (exact) mass is 318 g/mol. The third-order valence-corrected chi connectivity index (χ3v) is 4.96. The van der Waals surface area contributed by atoms with Gasteiger partial charge in [-0.15, -0.1) is 0 Å². The van der Waals surface area contributed by atoms with Gasteiger partial charge in [-0.05, 0) is 93.6 Å². The lowest BCUT2D eigenvalue weighted by Crippen LogP contribution is -2.45. The largest absolute Gasteiger partial charge is 0.0570 e. The zero-order valence-corrected chi connectivity index (χ0v) is 11.5. The summed E-state index contributed by atoms with van der Waals surface area (Å²) in [6, 6.07) is 0. The van der Waals surface area contributed by atoms with E-state index in [2.05, 4.69) is 37.9 Å². The summed E-state index contributed by atoms with van der Waals surface area (Å²) in [5, 5.41) is 0. The molecule has 0 aromatic rings. The molecule has 4 aliphatic carbocycles. The van der Waals surface area contributed by atoms with Crippen LogP contribution in [0.2, 0.25) is 0 Å². The van der Waals surface area contributed by atoms with Crippen LogP contribution in [0.3, 0.4) is 0 Å². The van der Waals surface area contributed by atoms with E-state index in [1.54, 1.807) is 0 Å². The van der Waals surface area contributed by atoms with Crippen LogP contribution >= 0.6 is 31.9 Å². The van der Waals surface area contributed by atoms with Gasteiger partial charge < -0.3 is 0 Å². The standard InChI is InChI=1S/C12H16Br2/c13-11(14)7-12-4-8-1-9(5-12)3-10(2-8)6-12/h7-10H,1-6H2. The highest BCUT2D eigenvalue weighted by molar-refractivity contribution is 9.28. The van der Waals surface area contributed by atoms with E-state index in [9.17, 15) is 0 Å². The topological polar surface area (TPSA) is 0 Å². The molecule has 4 rings (SSSR count). The van der Waals surface area contributed by atoms with Crippen LogP contribution < -0.4 is 0 Å². The van der Waals surface area contributed by atoms with Crippen molar-refractivity contribution in [2.24, 2.45) is 23.2 Å². The highest BCUT2D eigenvalue weighted by Crippen LogP contribution is 2.61. The first-order valence-corrected chi connectivity index (χ1v) is 7.28. The Kier molecular flexibility index (Phi) is 2.36. The van der Waals surface area contributed by atoms with Crippen molar-refractivity contribution in [2.75, 3.05) is 0 Å². The van der Waals surface area contributed by atoms with Crippen molar-refractivity contribution in [2.45, 2.75) is 38.5 Å². The van der Waals surface area contributed by atoms with Gasteiger partial charge in [0.1, 0.15) is 0 Å². The number of hydrogen-bond acceptors (Lipinski definition) is 0. The van der Waals surface area contributed by atoms with Gasteiger partial charge in [-0.2, -0.15) is 0 Å². The average Bonchev–Trinajstić information content (AvgIpc) is 1.96. The molecular formula is C12H16Br2. The molecule has 78 valence electrons. The maximum atomic E-state index is 3.54. The SMILES string of the molecule is BrC(Br)=CC12CC3CC(CC(C3)C1)C2. The molecule has 0 nitrogen and oxygen atoms in total. The molecule has 0 atom stereocenters. The number of rotatable bonds is 1. The molecule has 2 heteroatoms. The zero-order chi connectivity index (χ0) is 9.76. The van der Waals surface area contributed by atoms with Gasteiger partial charge in [-0.3, -0.25) is 0 Å². The summed E-state index contributed by atoms with van der Waals surface area (Å²) in [5.41, 5.74) is 0.567. The van der Waals surface area contributed by atoms with Gasteiger partial charge >= 0.3 is 0 Å². The van der Waals surface area contributed by atoms with Crippen LogP contribution in [0.25, 0.3) is 0 Å². The predicted octanol–water partition coefficient (Wildman–Crippen LogP) is 4.83. The normalized spacial score (nSPS) is 49.4. The van der Waals surface area contributed by atoms with E-state index in [-0.39, 0.29) is 0 Å². The van der Waals surface area contributed by atoms with Crippen molar-refractivity contribution in [3.8, 4) is 0 Å². The summed E-state index contributed by atoms with van der Waals surface area (Å²) in [5.74, 6) is 3.16. The molecule has 14 heavy (non-hydrogen) atoms. The fourth-order valence-electron chi connectivity index (χ4n) is 4.59.